The monoisotopic (exact) mass is 266 g/mol. The molecule has 6 heteroatoms. The molecule has 2 rings (SSSR count). The van der Waals surface area contributed by atoms with Crippen LogP contribution >= 0.6 is 0 Å². The van der Waals surface area contributed by atoms with Crippen LogP contribution in [0, 0.1) is 0 Å². The third kappa shape index (κ3) is 3.67. The largest absolute Gasteiger partial charge is 0.399 e. The van der Waals surface area contributed by atoms with E-state index in [0.29, 0.717) is 17.9 Å². The van der Waals surface area contributed by atoms with Crippen LogP contribution in [0.1, 0.15) is 18.4 Å². The van der Waals surface area contributed by atoms with E-state index in [4.69, 9.17) is 5.73 Å². The molecule has 0 unspecified atom stereocenters. The van der Waals surface area contributed by atoms with Gasteiger partial charge in [0.2, 0.25) is 0 Å². The van der Waals surface area contributed by atoms with Gasteiger partial charge < -0.3 is 15.6 Å². The van der Waals surface area contributed by atoms with Crippen LogP contribution < -0.4 is 11.1 Å². The van der Waals surface area contributed by atoms with E-state index in [2.05, 4.69) is 10.3 Å². The predicted octanol–water partition coefficient (Wildman–Crippen LogP) is 2.91. The average molecular weight is 266 g/mol. The lowest BCUT2D eigenvalue weighted by molar-refractivity contribution is 0.152. The summed E-state index contributed by atoms with van der Waals surface area (Å²) in [7, 11) is 0. The Kier molecular flexibility index (Phi) is 4.33. The Bertz CT molecular complexity index is 511. The van der Waals surface area contributed by atoms with Crippen molar-refractivity contribution in [1.29, 1.82) is 0 Å². The summed E-state index contributed by atoms with van der Waals surface area (Å²) in [5.74, 6) is 0. The standard InChI is InChI=1S/C13H16F2N4/c14-13(15)11-8-10(16)2-3-12(11)18-4-1-6-19-7-5-17-9-19/h2-3,5,7-9,13,18H,1,4,6,16H2. The number of nitrogen functional groups attached to an aromatic ring is 1. The molecule has 4 nitrogen and oxygen atoms in total. The summed E-state index contributed by atoms with van der Waals surface area (Å²) in [6.45, 7) is 1.41. The summed E-state index contributed by atoms with van der Waals surface area (Å²) >= 11 is 0. The number of nitrogens with one attached hydrogen (secondary N) is 1. The molecular weight excluding hydrogens is 250 g/mol. The number of rotatable bonds is 6. The van der Waals surface area contributed by atoms with Crippen LogP contribution in [-0.2, 0) is 6.54 Å². The molecule has 1 aromatic heterocycles. The second-order valence-corrected chi connectivity index (χ2v) is 4.23. The minimum absolute atomic E-state index is 0.0531. The van der Waals surface area contributed by atoms with Crippen LogP contribution in [0.4, 0.5) is 20.2 Å². The van der Waals surface area contributed by atoms with Crippen LogP contribution in [0.15, 0.2) is 36.9 Å². The van der Waals surface area contributed by atoms with Crippen LogP contribution in [0.25, 0.3) is 0 Å². The Morgan fingerprint density at radius 3 is 2.89 bits per heavy atom. The molecule has 0 aliphatic heterocycles. The number of halogens is 2. The van der Waals surface area contributed by atoms with Crippen molar-refractivity contribution in [3.8, 4) is 0 Å². The number of hydrogen-bond acceptors (Lipinski definition) is 3. The van der Waals surface area contributed by atoms with Crippen molar-refractivity contribution in [3.05, 3.63) is 42.5 Å². The quantitative estimate of drug-likeness (QED) is 0.624. The van der Waals surface area contributed by atoms with Crippen molar-refractivity contribution in [2.75, 3.05) is 17.6 Å². The molecule has 0 radical (unpaired) electrons. The van der Waals surface area contributed by atoms with Gasteiger partial charge in [-0.3, -0.25) is 0 Å². The minimum atomic E-state index is -2.53. The zero-order chi connectivity index (χ0) is 13.7. The molecule has 3 N–H and O–H groups in total. The van der Waals surface area contributed by atoms with E-state index in [1.807, 2.05) is 10.8 Å². The number of imidazole rings is 1. The fraction of sp³-hybridized carbons (Fsp3) is 0.308. The van der Waals surface area contributed by atoms with Crippen LogP contribution in [0.2, 0.25) is 0 Å². The minimum Gasteiger partial charge on any atom is -0.399 e. The highest BCUT2D eigenvalue weighted by Crippen LogP contribution is 2.28. The maximum absolute atomic E-state index is 12.8. The van der Waals surface area contributed by atoms with E-state index >= 15 is 0 Å². The highest BCUT2D eigenvalue weighted by Gasteiger charge is 2.12. The maximum Gasteiger partial charge on any atom is 0.265 e. The van der Waals surface area contributed by atoms with Gasteiger partial charge >= 0.3 is 0 Å². The first kappa shape index (κ1) is 13.3. The fourth-order valence-electron chi connectivity index (χ4n) is 1.83. The van der Waals surface area contributed by atoms with E-state index in [1.54, 1.807) is 24.7 Å². The summed E-state index contributed by atoms with van der Waals surface area (Å²) in [5.41, 5.74) is 6.25. The molecule has 1 heterocycles. The highest BCUT2D eigenvalue weighted by atomic mass is 19.3. The zero-order valence-electron chi connectivity index (χ0n) is 10.4. The number of nitrogens with two attached hydrogens (primary N) is 1. The highest BCUT2D eigenvalue weighted by molar-refractivity contribution is 5.58. The normalized spacial score (nSPS) is 10.9. The second kappa shape index (κ2) is 6.17. The van der Waals surface area contributed by atoms with Crippen molar-refractivity contribution in [1.82, 2.24) is 9.55 Å². The maximum atomic E-state index is 12.8. The molecule has 0 saturated heterocycles. The topological polar surface area (TPSA) is 55.9 Å². The first-order valence-corrected chi connectivity index (χ1v) is 6.04. The van der Waals surface area contributed by atoms with Gasteiger partial charge in [0.25, 0.3) is 6.43 Å². The number of nitrogens with zero attached hydrogens (tertiary/aromatic N) is 2. The average Bonchev–Trinajstić information content (AvgIpc) is 2.89. The van der Waals surface area contributed by atoms with E-state index in [9.17, 15) is 8.78 Å². The predicted molar refractivity (Wildman–Crippen MR) is 71.1 cm³/mol. The van der Waals surface area contributed by atoms with Crippen LogP contribution in [0.3, 0.4) is 0 Å². The van der Waals surface area contributed by atoms with Gasteiger partial charge in [0.15, 0.2) is 0 Å². The van der Waals surface area contributed by atoms with Crippen molar-refractivity contribution in [2.45, 2.75) is 19.4 Å². The molecule has 0 spiro atoms. The summed E-state index contributed by atoms with van der Waals surface area (Å²) < 4.78 is 27.6. The lowest BCUT2D eigenvalue weighted by Gasteiger charge is -2.12. The third-order valence-electron chi connectivity index (χ3n) is 2.78. The molecule has 0 aliphatic rings. The number of anilines is 2. The molecule has 19 heavy (non-hydrogen) atoms. The van der Waals surface area contributed by atoms with E-state index in [0.717, 1.165) is 13.0 Å². The molecular formula is C13H16F2N4. The van der Waals surface area contributed by atoms with Gasteiger partial charge in [0.05, 0.1) is 6.33 Å². The molecule has 2 aromatic rings. The SMILES string of the molecule is Nc1ccc(NCCCn2ccnc2)c(C(F)F)c1. The van der Waals surface area contributed by atoms with Gasteiger partial charge in [-0.2, -0.15) is 0 Å². The zero-order valence-corrected chi connectivity index (χ0v) is 10.4. The van der Waals surface area contributed by atoms with Crippen LogP contribution in [-0.4, -0.2) is 16.1 Å². The Balaban J connectivity index is 1.88. The van der Waals surface area contributed by atoms with Gasteiger partial charge in [-0.15, -0.1) is 0 Å². The molecule has 0 aliphatic carbocycles. The molecule has 0 saturated carbocycles. The number of aromatic nitrogens is 2. The molecule has 102 valence electrons. The Morgan fingerprint density at radius 2 is 2.21 bits per heavy atom. The summed E-state index contributed by atoms with van der Waals surface area (Å²) in [5, 5.41) is 3.01. The first-order valence-electron chi connectivity index (χ1n) is 6.04. The Hall–Kier alpha value is -2.11. The summed E-state index contributed by atoms with van der Waals surface area (Å²) in [6, 6.07) is 4.51. The molecule has 0 bridgehead atoms. The van der Waals surface area contributed by atoms with E-state index in [1.165, 1.54) is 6.07 Å². The first-order chi connectivity index (χ1) is 9.16. The molecule has 0 atom stereocenters. The smallest absolute Gasteiger partial charge is 0.265 e. The van der Waals surface area contributed by atoms with Gasteiger partial charge in [-0.05, 0) is 24.6 Å². The molecule has 0 fully saturated rings. The van der Waals surface area contributed by atoms with E-state index in [-0.39, 0.29) is 5.56 Å². The number of aryl methyl sites for hydroxylation is 1. The van der Waals surface area contributed by atoms with Crippen molar-refractivity contribution in [2.24, 2.45) is 0 Å². The third-order valence-corrected chi connectivity index (χ3v) is 2.78. The van der Waals surface area contributed by atoms with Crippen LogP contribution in [0.5, 0.6) is 0 Å². The second-order valence-electron chi connectivity index (χ2n) is 4.23. The Morgan fingerprint density at radius 1 is 1.37 bits per heavy atom. The van der Waals surface area contributed by atoms with Gasteiger partial charge in [-0.25, -0.2) is 13.8 Å². The lowest BCUT2D eigenvalue weighted by Crippen LogP contribution is -2.08. The van der Waals surface area contributed by atoms with Gasteiger partial charge in [-0.1, -0.05) is 0 Å². The molecule has 1 aromatic carbocycles. The van der Waals surface area contributed by atoms with Gasteiger partial charge in [0, 0.05) is 42.4 Å². The number of benzene rings is 1. The summed E-state index contributed by atoms with van der Waals surface area (Å²) in [4.78, 5) is 3.94. The van der Waals surface area contributed by atoms with Gasteiger partial charge in [0.1, 0.15) is 0 Å². The number of hydrogen-bond donors (Lipinski definition) is 2. The summed E-state index contributed by atoms with van der Waals surface area (Å²) in [6.07, 6.45) is 3.60. The molecule has 0 amide bonds. The fourth-order valence-corrected chi connectivity index (χ4v) is 1.83. The van der Waals surface area contributed by atoms with Crippen molar-refractivity contribution >= 4 is 11.4 Å². The Labute approximate surface area is 110 Å². The van der Waals surface area contributed by atoms with Crippen molar-refractivity contribution < 1.29 is 8.78 Å². The lowest BCUT2D eigenvalue weighted by atomic mass is 10.1. The van der Waals surface area contributed by atoms with Crippen molar-refractivity contribution in [3.63, 3.8) is 0 Å². The number of alkyl halides is 2. The van der Waals surface area contributed by atoms with E-state index < -0.39 is 6.43 Å².